The Balaban J connectivity index is 1.50. The lowest BCUT2D eigenvalue weighted by Gasteiger charge is -2.25. The minimum absolute atomic E-state index is 0.0575. The summed E-state index contributed by atoms with van der Waals surface area (Å²) in [7, 11) is -4.15. The first-order valence-electron chi connectivity index (χ1n) is 10.9. The van der Waals surface area contributed by atoms with Crippen LogP contribution < -0.4 is 19.1 Å². The summed E-state index contributed by atoms with van der Waals surface area (Å²) in [6.07, 6.45) is 1.50. The molecule has 178 valence electrons. The maximum absolute atomic E-state index is 13.5. The number of hydrogen-bond acceptors (Lipinski definition) is 5. The van der Waals surface area contributed by atoms with Crippen LogP contribution in [0.4, 0.5) is 10.1 Å². The Kier molecular flexibility index (Phi) is 7.32. The van der Waals surface area contributed by atoms with E-state index in [1.54, 1.807) is 0 Å². The molecule has 0 fully saturated rings. The van der Waals surface area contributed by atoms with Crippen molar-refractivity contribution in [3.8, 4) is 11.5 Å². The topological polar surface area (TPSA) is 84.9 Å². The predicted octanol–water partition coefficient (Wildman–Crippen LogP) is 3.54. The van der Waals surface area contributed by atoms with Crippen molar-refractivity contribution in [1.29, 1.82) is 0 Å². The first-order valence-corrected chi connectivity index (χ1v) is 12.4. The Bertz CT molecular complexity index is 1230. The molecule has 0 bridgehead atoms. The van der Waals surface area contributed by atoms with E-state index in [0.717, 1.165) is 28.4 Å². The lowest BCUT2D eigenvalue weighted by atomic mass is 10.1. The maximum Gasteiger partial charge on any atom is 0.264 e. The summed E-state index contributed by atoms with van der Waals surface area (Å²) in [5.74, 6) is -0.198. The average Bonchev–Trinajstić information content (AvgIpc) is 2.86. The minimum Gasteiger partial charge on any atom is -0.486 e. The molecule has 0 atom stereocenters. The molecule has 4 rings (SSSR count). The first kappa shape index (κ1) is 23.6. The van der Waals surface area contributed by atoms with E-state index in [0.29, 0.717) is 37.7 Å². The molecule has 7 nitrogen and oxygen atoms in total. The molecule has 0 radical (unpaired) electrons. The summed E-state index contributed by atoms with van der Waals surface area (Å²) < 4.78 is 52.4. The fraction of sp³-hybridized carbons (Fsp3) is 0.240. The second-order valence-electron chi connectivity index (χ2n) is 7.73. The summed E-state index contributed by atoms with van der Waals surface area (Å²) in [5.41, 5.74) is 1.33. The highest BCUT2D eigenvalue weighted by atomic mass is 32.2. The van der Waals surface area contributed by atoms with Crippen molar-refractivity contribution < 1.29 is 27.1 Å². The molecule has 9 heteroatoms. The Morgan fingerprint density at radius 2 is 1.65 bits per heavy atom. The second kappa shape index (κ2) is 10.6. The lowest BCUT2D eigenvalue weighted by Crippen LogP contribution is -2.41. The molecular weight excluding hydrogens is 459 g/mol. The predicted molar refractivity (Wildman–Crippen MR) is 126 cm³/mol. The number of nitrogens with one attached hydrogen (secondary N) is 1. The highest BCUT2D eigenvalue weighted by Crippen LogP contribution is 2.34. The van der Waals surface area contributed by atoms with E-state index >= 15 is 0 Å². The van der Waals surface area contributed by atoms with E-state index in [-0.39, 0.29) is 10.6 Å². The van der Waals surface area contributed by atoms with Gasteiger partial charge in [0.15, 0.2) is 11.5 Å². The molecule has 3 aromatic carbocycles. The zero-order valence-corrected chi connectivity index (χ0v) is 19.3. The van der Waals surface area contributed by atoms with Crippen molar-refractivity contribution in [2.24, 2.45) is 0 Å². The fourth-order valence-corrected chi connectivity index (χ4v) is 5.02. The molecule has 0 spiro atoms. The van der Waals surface area contributed by atoms with E-state index in [1.165, 1.54) is 30.3 Å². The number of amides is 1. The zero-order valence-electron chi connectivity index (χ0n) is 18.4. The van der Waals surface area contributed by atoms with Crippen LogP contribution in [0.2, 0.25) is 0 Å². The van der Waals surface area contributed by atoms with E-state index in [9.17, 15) is 17.6 Å². The van der Waals surface area contributed by atoms with Gasteiger partial charge in [-0.05, 0) is 54.8 Å². The third-order valence-electron chi connectivity index (χ3n) is 5.31. The number of hydrogen-bond donors (Lipinski definition) is 1. The second-order valence-corrected chi connectivity index (χ2v) is 9.59. The normalized spacial score (nSPS) is 12.7. The summed E-state index contributed by atoms with van der Waals surface area (Å²) >= 11 is 0. The van der Waals surface area contributed by atoms with E-state index < -0.39 is 28.3 Å². The molecule has 3 aromatic rings. The van der Waals surface area contributed by atoms with E-state index in [1.807, 2.05) is 30.3 Å². The third kappa shape index (κ3) is 5.66. The van der Waals surface area contributed by atoms with Gasteiger partial charge in [0, 0.05) is 12.6 Å². The van der Waals surface area contributed by atoms with E-state index in [4.69, 9.17) is 9.47 Å². The van der Waals surface area contributed by atoms with Crippen LogP contribution in [0.5, 0.6) is 11.5 Å². The zero-order chi connectivity index (χ0) is 24.0. The van der Waals surface area contributed by atoms with Gasteiger partial charge in [0.1, 0.15) is 25.6 Å². The number of benzene rings is 3. The molecule has 34 heavy (non-hydrogen) atoms. The summed E-state index contributed by atoms with van der Waals surface area (Å²) in [6, 6.07) is 19.1. The summed E-state index contributed by atoms with van der Waals surface area (Å²) in [4.78, 5) is 12.6. The quantitative estimate of drug-likeness (QED) is 0.470. The number of fused-ring (bicyclic) bond motifs is 1. The molecule has 0 unspecified atom stereocenters. The van der Waals surface area contributed by atoms with Crippen LogP contribution in [0.25, 0.3) is 0 Å². The number of sulfonamides is 1. The standard InChI is InChI=1S/C25H25FN2O5S/c26-20-8-10-21(11-9-20)28(18-25(29)27-14-4-7-19-5-2-1-3-6-19)34(30,31)22-12-13-23-24(17-22)33-16-15-32-23/h1-3,5-6,8-13,17H,4,7,14-16,18H2,(H,27,29). The SMILES string of the molecule is O=C(CN(c1ccc(F)cc1)S(=O)(=O)c1ccc2c(c1)OCCO2)NCCCc1ccccc1. The maximum atomic E-state index is 13.5. The molecule has 1 aliphatic rings. The van der Waals surface area contributed by atoms with Crippen LogP contribution in [-0.4, -0.2) is 40.6 Å². The van der Waals surface area contributed by atoms with Gasteiger partial charge in [0.05, 0.1) is 10.6 Å². The van der Waals surface area contributed by atoms with Crippen LogP contribution in [0.15, 0.2) is 77.7 Å². The van der Waals surface area contributed by atoms with Crippen LogP contribution in [0.3, 0.4) is 0 Å². The van der Waals surface area contributed by atoms with Gasteiger partial charge in [-0.15, -0.1) is 0 Å². The highest BCUT2D eigenvalue weighted by molar-refractivity contribution is 7.92. The van der Waals surface area contributed by atoms with Crippen LogP contribution >= 0.6 is 0 Å². The van der Waals surface area contributed by atoms with Gasteiger partial charge >= 0.3 is 0 Å². The van der Waals surface area contributed by atoms with Crippen molar-refractivity contribution >= 4 is 21.6 Å². The summed E-state index contributed by atoms with van der Waals surface area (Å²) in [5, 5.41) is 2.77. The monoisotopic (exact) mass is 484 g/mol. The Morgan fingerprint density at radius 1 is 0.941 bits per heavy atom. The van der Waals surface area contributed by atoms with Crippen molar-refractivity contribution in [2.75, 3.05) is 30.6 Å². The van der Waals surface area contributed by atoms with E-state index in [2.05, 4.69) is 5.32 Å². The molecule has 1 N–H and O–H groups in total. The smallest absolute Gasteiger partial charge is 0.264 e. The minimum atomic E-state index is -4.15. The largest absolute Gasteiger partial charge is 0.486 e. The third-order valence-corrected chi connectivity index (χ3v) is 7.08. The Hall–Kier alpha value is -3.59. The first-order chi connectivity index (χ1) is 16.4. The number of rotatable bonds is 9. The van der Waals surface area contributed by atoms with Crippen molar-refractivity contribution in [1.82, 2.24) is 5.32 Å². The van der Waals surface area contributed by atoms with Crippen LogP contribution in [0.1, 0.15) is 12.0 Å². The molecule has 0 saturated heterocycles. The molecule has 1 heterocycles. The van der Waals surface area contributed by atoms with Gasteiger partial charge in [-0.1, -0.05) is 30.3 Å². The van der Waals surface area contributed by atoms with Gasteiger partial charge in [0.25, 0.3) is 10.0 Å². The number of ether oxygens (including phenoxy) is 2. The molecule has 1 aliphatic heterocycles. The number of carbonyl (C=O) groups is 1. The lowest BCUT2D eigenvalue weighted by molar-refractivity contribution is -0.119. The number of halogens is 1. The van der Waals surface area contributed by atoms with Crippen molar-refractivity contribution in [3.05, 3.63) is 84.2 Å². The van der Waals surface area contributed by atoms with Crippen molar-refractivity contribution in [3.63, 3.8) is 0 Å². The van der Waals surface area contributed by atoms with Crippen LogP contribution in [0, 0.1) is 5.82 Å². The van der Waals surface area contributed by atoms with Gasteiger partial charge in [-0.2, -0.15) is 0 Å². The molecule has 1 amide bonds. The number of carbonyl (C=O) groups excluding carboxylic acids is 1. The number of anilines is 1. The molecular formula is C25H25FN2O5S. The summed E-state index contributed by atoms with van der Waals surface area (Å²) in [6.45, 7) is 0.637. The van der Waals surface area contributed by atoms with Gasteiger partial charge < -0.3 is 14.8 Å². The molecule has 0 aromatic heterocycles. The number of aryl methyl sites for hydroxylation is 1. The average molecular weight is 485 g/mol. The van der Waals surface area contributed by atoms with Gasteiger partial charge in [-0.25, -0.2) is 12.8 Å². The molecule has 0 saturated carbocycles. The molecule has 0 aliphatic carbocycles. The van der Waals surface area contributed by atoms with Crippen LogP contribution in [-0.2, 0) is 21.2 Å². The fourth-order valence-electron chi connectivity index (χ4n) is 3.59. The number of nitrogens with zero attached hydrogens (tertiary/aromatic N) is 1. The van der Waals surface area contributed by atoms with Crippen molar-refractivity contribution in [2.45, 2.75) is 17.7 Å². The van der Waals surface area contributed by atoms with Gasteiger partial charge in [-0.3, -0.25) is 9.10 Å². The Morgan fingerprint density at radius 3 is 2.38 bits per heavy atom. The highest BCUT2D eigenvalue weighted by Gasteiger charge is 2.29. The van der Waals surface area contributed by atoms with Gasteiger partial charge in [0.2, 0.25) is 5.91 Å². The Labute approximate surface area is 198 Å².